The number of carbonyl (C=O) groups excluding carboxylic acids is 1. The number of amides is 1. The van der Waals surface area contributed by atoms with Gasteiger partial charge >= 0.3 is 0 Å². The number of nitrogens with zero attached hydrogens (tertiary/aromatic N) is 2. The minimum atomic E-state index is 0.00253. The minimum absolute atomic E-state index is 0.00253. The number of hydrogen-bond acceptors (Lipinski definition) is 3. The Labute approximate surface area is 125 Å². The van der Waals surface area contributed by atoms with Crippen LogP contribution in [-0.2, 0) is 6.54 Å². The highest BCUT2D eigenvalue weighted by Crippen LogP contribution is 2.15. The quantitative estimate of drug-likeness (QED) is 0.878. The summed E-state index contributed by atoms with van der Waals surface area (Å²) in [6.07, 6.45) is 0. The molecular weight excluding hydrogens is 262 g/mol. The molecule has 0 aliphatic rings. The van der Waals surface area contributed by atoms with E-state index in [1.165, 1.54) is 0 Å². The van der Waals surface area contributed by atoms with Crippen LogP contribution in [-0.4, -0.2) is 32.0 Å². The predicted octanol–water partition coefficient (Wildman–Crippen LogP) is 2.61. The molecule has 0 saturated carbocycles. The van der Waals surface area contributed by atoms with Crippen molar-refractivity contribution in [1.29, 1.82) is 0 Å². The van der Waals surface area contributed by atoms with E-state index >= 15 is 0 Å². The van der Waals surface area contributed by atoms with Gasteiger partial charge < -0.3 is 15.5 Å². The predicted molar refractivity (Wildman–Crippen MR) is 87.4 cm³/mol. The maximum absolute atomic E-state index is 12.4. The molecular formula is C17H21N3O. The summed E-state index contributed by atoms with van der Waals surface area (Å²) >= 11 is 0. The highest BCUT2D eigenvalue weighted by molar-refractivity contribution is 5.94. The summed E-state index contributed by atoms with van der Waals surface area (Å²) in [7, 11) is 5.75. The van der Waals surface area contributed by atoms with Gasteiger partial charge in [-0.05, 0) is 42.0 Å². The normalized spacial score (nSPS) is 10.2. The molecule has 1 amide bonds. The number of nitrogens with two attached hydrogens (primary N) is 1. The van der Waals surface area contributed by atoms with Gasteiger partial charge in [-0.3, -0.25) is 4.79 Å². The fraction of sp³-hybridized carbons (Fsp3) is 0.235. The Kier molecular flexibility index (Phi) is 4.48. The molecule has 0 aliphatic heterocycles. The van der Waals surface area contributed by atoms with E-state index in [1.54, 1.807) is 11.9 Å². The first-order valence-electron chi connectivity index (χ1n) is 6.84. The van der Waals surface area contributed by atoms with Crippen LogP contribution in [0.3, 0.4) is 0 Å². The van der Waals surface area contributed by atoms with Gasteiger partial charge in [0, 0.05) is 44.6 Å². The van der Waals surface area contributed by atoms with Crippen molar-refractivity contribution in [3.8, 4) is 0 Å². The Morgan fingerprint density at radius 1 is 1.05 bits per heavy atom. The maximum Gasteiger partial charge on any atom is 0.253 e. The third-order valence-electron chi connectivity index (χ3n) is 3.35. The van der Waals surface area contributed by atoms with E-state index in [0.717, 1.165) is 11.3 Å². The SMILES string of the molecule is CN(Cc1cccc(N)c1)C(=O)c1ccc(N(C)C)cc1. The molecule has 4 heteroatoms. The number of hydrogen-bond donors (Lipinski definition) is 1. The summed E-state index contributed by atoms with van der Waals surface area (Å²) in [5.41, 5.74) is 9.26. The lowest BCUT2D eigenvalue weighted by atomic mass is 10.1. The zero-order chi connectivity index (χ0) is 15.4. The molecule has 21 heavy (non-hydrogen) atoms. The molecule has 0 aliphatic carbocycles. The van der Waals surface area contributed by atoms with Gasteiger partial charge in [0.2, 0.25) is 0 Å². The molecule has 0 radical (unpaired) electrons. The molecule has 0 bridgehead atoms. The number of carbonyl (C=O) groups is 1. The lowest BCUT2D eigenvalue weighted by molar-refractivity contribution is 0.0785. The highest BCUT2D eigenvalue weighted by Gasteiger charge is 2.12. The van der Waals surface area contributed by atoms with E-state index in [9.17, 15) is 4.79 Å². The average molecular weight is 283 g/mol. The van der Waals surface area contributed by atoms with Gasteiger partial charge in [0.05, 0.1) is 0 Å². The van der Waals surface area contributed by atoms with Crippen LogP contribution in [0.25, 0.3) is 0 Å². The lowest BCUT2D eigenvalue weighted by Gasteiger charge is -2.18. The zero-order valence-electron chi connectivity index (χ0n) is 12.7. The van der Waals surface area contributed by atoms with E-state index < -0.39 is 0 Å². The van der Waals surface area contributed by atoms with E-state index in [1.807, 2.05) is 67.5 Å². The maximum atomic E-state index is 12.4. The third-order valence-corrected chi connectivity index (χ3v) is 3.35. The molecule has 110 valence electrons. The lowest BCUT2D eigenvalue weighted by Crippen LogP contribution is -2.26. The number of nitrogen functional groups attached to an aromatic ring is 1. The molecule has 0 spiro atoms. The second kappa shape index (κ2) is 6.31. The van der Waals surface area contributed by atoms with Crippen LogP contribution in [0.5, 0.6) is 0 Å². The third kappa shape index (κ3) is 3.75. The molecule has 2 aromatic rings. The van der Waals surface area contributed by atoms with E-state index in [4.69, 9.17) is 5.73 Å². The number of benzene rings is 2. The Bertz CT molecular complexity index is 620. The fourth-order valence-electron chi connectivity index (χ4n) is 2.16. The first-order chi connectivity index (χ1) is 9.97. The van der Waals surface area contributed by atoms with Crippen LogP contribution < -0.4 is 10.6 Å². The van der Waals surface area contributed by atoms with Crippen LogP contribution in [0, 0.1) is 0 Å². The minimum Gasteiger partial charge on any atom is -0.399 e. The van der Waals surface area contributed by atoms with E-state index in [-0.39, 0.29) is 5.91 Å². The molecule has 4 nitrogen and oxygen atoms in total. The Balaban J connectivity index is 2.08. The Hall–Kier alpha value is -2.49. The summed E-state index contributed by atoms with van der Waals surface area (Å²) < 4.78 is 0. The summed E-state index contributed by atoms with van der Waals surface area (Å²) in [6.45, 7) is 0.541. The molecule has 0 saturated heterocycles. The number of anilines is 2. The van der Waals surface area contributed by atoms with Crippen LogP contribution in [0.15, 0.2) is 48.5 Å². The van der Waals surface area contributed by atoms with Gasteiger partial charge in [-0.1, -0.05) is 12.1 Å². The fourth-order valence-corrected chi connectivity index (χ4v) is 2.16. The second-order valence-electron chi connectivity index (χ2n) is 5.35. The van der Waals surface area contributed by atoms with E-state index in [2.05, 4.69) is 0 Å². The Morgan fingerprint density at radius 2 is 1.71 bits per heavy atom. The topological polar surface area (TPSA) is 49.6 Å². The van der Waals surface area contributed by atoms with Crippen molar-refractivity contribution in [3.63, 3.8) is 0 Å². The van der Waals surface area contributed by atoms with Crippen molar-refractivity contribution >= 4 is 17.3 Å². The van der Waals surface area contributed by atoms with Crippen LogP contribution >= 0.6 is 0 Å². The van der Waals surface area contributed by atoms with Gasteiger partial charge in [-0.25, -0.2) is 0 Å². The van der Waals surface area contributed by atoms with Crippen LogP contribution in [0.2, 0.25) is 0 Å². The molecule has 0 aromatic heterocycles. The molecule has 2 N–H and O–H groups in total. The van der Waals surface area contributed by atoms with Crippen molar-refractivity contribution in [2.45, 2.75) is 6.54 Å². The zero-order valence-corrected chi connectivity index (χ0v) is 12.7. The van der Waals surface area contributed by atoms with Gasteiger partial charge in [0.15, 0.2) is 0 Å². The average Bonchev–Trinajstić information content (AvgIpc) is 2.46. The van der Waals surface area contributed by atoms with Gasteiger partial charge in [0.1, 0.15) is 0 Å². The molecule has 0 heterocycles. The summed E-state index contributed by atoms with van der Waals surface area (Å²) in [5, 5.41) is 0. The monoisotopic (exact) mass is 283 g/mol. The summed E-state index contributed by atoms with van der Waals surface area (Å²) in [5.74, 6) is 0.00253. The highest BCUT2D eigenvalue weighted by atomic mass is 16.2. The molecule has 0 atom stereocenters. The Morgan fingerprint density at radius 3 is 2.29 bits per heavy atom. The second-order valence-corrected chi connectivity index (χ2v) is 5.35. The van der Waals surface area contributed by atoms with E-state index in [0.29, 0.717) is 17.8 Å². The summed E-state index contributed by atoms with van der Waals surface area (Å²) in [6, 6.07) is 15.2. The molecule has 0 unspecified atom stereocenters. The van der Waals surface area contributed by atoms with Crippen molar-refractivity contribution < 1.29 is 4.79 Å². The van der Waals surface area contributed by atoms with Crippen molar-refractivity contribution in [1.82, 2.24) is 4.90 Å². The first-order valence-corrected chi connectivity index (χ1v) is 6.84. The van der Waals surface area contributed by atoms with Crippen molar-refractivity contribution in [3.05, 3.63) is 59.7 Å². The molecule has 2 rings (SSSR count). The van der Waals surface area contributed by atoms with Gasteiger partial charge in [-0.15, -0.1) is 0 Å². The van der Waals surface area contributed by atoms with Gasteiger partial charge in [0.25, 0.3) is 5.91 Å². The van der Waals surface area contributed by atoms with Gasteiger partial charge in [-0.2, -0.15) is 0 Å². The number of rotatable bonds is 4. The standard InChI is InChI=1S/C17H21N3O/c1-19(2)16-9-7-14(8-10-16)17(21)20(3)12-13-5-4-6-15(18)11-13/h4-11H,12,18H2,1-3H3. The van der Waals surface area contributed by atoms with Crippen LogP contribution in [0.1, 0.15) is 15.9 Å². The largest absolute Gasteiger partial charge is 0.399 e. The first kappa shape index (κ1) is 14.9. The smallest absolute Gasteiger partial charge is 0.253 e. The summed E-state index contributed by atoms with van der Waals surface area (Å²) in [4.78, 5) is 16.1. The van der Waals surface area contributed by atoms with Crippen molar-refractivity contribution in [2.24, 2.45) is 0 Å². The van der Waals surface area contributed by atoms with Crippen molar-refractivity contribution in [2.75, 3.05) is 31.8 Å². The molecule has 2 aromatic carbocycles. The molecule has 0 fully saturated rings. The van der Waals surface area contributed by atoms with Crippen LogP contribution in [0.4, 0.5) is 11.4 Å².